The van der Waals surface area contributed by atoms with E-state index in [0.717, 1.165) is 12.4 Å². The van der Waals surface area contributed by atoms with Crippen LogP contribution < -0.4 is 16.0 Å². The van der Waals surface area contributed by atoms with Crippen molar-refractivity contribution in [3.8, 4) is 0 Å². The fraction of sp³-hybridized carbons (Fsp3) is 0.478. The number of fused-ring (bicyclic) bond motifs is 1. The number of carbonyl (C=O) groups is 1. The summed E-state index contributed by atoms with van der Waals surface area (Å²) in [5.74, 6) is -4.64. The maximum Gasteiger partial charge on any atom is 0.267 e. The highest BCUT2D eigenvalue weighted by Crippen LogP contribution is 2.36. The molecular weight excluding hydrogens is 482 g/mol. The number of hydrogen-bond acceptors (Lipinski definition) is 7. The van der Waals surface area contributed by atoms with E-state index in [2.05, 4.69) is 31.0 Å². The van der Waals surface area contributed by atoms with Gasteiger partial charge in [0.25, 0.3) is 11.8 Å². The van der Waals surface area contributed by atoms with Crippen molar-refractivity contribution in [1.29, 1.82) is 0 Å². The number of aliphatic hydroxyl groups is 1. The second kappa shape index (κ2) is 9.88. The van der Waals surface area contributed by atoms with Crippen molar-refractivity contribution in [1.82, 2.24) is 24.9 Å². The minimum Gasteiger partial charge on any atom is -0.387 e. The molecule has 1 amide bonds. The van der Waals surface area contributed by atoms with Crippen molar-refractivity contribution in [2.24, 2.45) is 0 Å². The second-order valence-electron chi connectivity index (χ2n) is 9.35. The van der Waals surface area contributed by atoms with Gasteiger partial charge in [0, 0.05) is 24.8 Å². The number of anilines is 3. The molecule has 0 saturated heterocycles. The highest BCUT2D eigenvalue weighted by molar-refractivity contribution is 6.00. The standard InChI is InChI=1S/C23H27F4N7O2/c1-22(2,36)16(25)11-29-21(35)13-10-28-18(9-15(13)31-17-5-3-4-7-23(17,26)27)32-20-14(24)12-34-19(33-20)6-8-30-34/h6,8-10,12,16-17,36H,3-5,7,11H2,1-2H3,(H,29,35)(H2,28,31,32,33). The highest BCUT2D eigenvalue weighted by atomic mass is 19.3. The largest absolute Gasteiger partial charge is 0.387 e. The van der Waals surface area contributed by atoms with Crippen LogP contribution in [0.4, 0.5) is 34.9 Å². The van der Waals surface area contributed by atoms with Crippen molar-refractivity contribution in [2.45, 2.75) is 63.3 Å². The summed E-state index contributed by atoms with van der Waals surface area (Å²) in [5, 5.41) is 21.5. The molecule has 1 saturated carbocycles. The van der Waals surface area contributed by atoms with E-state index in [0.29, 0.717) is 18.5 Å². The average molecular weight is 510 g/mol. The first-order chi connectivity index (χ1) is 16.9. The van der Waals surface area contributed by atoms with Crippen LogP contribution in [0, 0.1) is 5.82 Å². The lowest BCUT2D eigenvalue weighted by Crippen LogP contribution is -2.43. The smallest absolute Gasteiger partial charge is 0.267 e. The molecule has 2 atom stereocenters. The van der Waals surface area contributed by atoms with Crippen LogP contribution in [0.2, 0.25) is 0 Å². The van der Waals surface area contributed by atoms with E-state index in [9.17, 15) is 27.5 Å². The number of nitrogens with zero attached hydrogens (tertiary/aromatic N) is 4. The van der Waals surface area contributed by atoms with Crippen LogP contribution in [0.15, 0.2) is 30.7 Å². The molecule has 3 heterocycles. The van der Waals surface area contributed by atoms with Gasteiger partial charge in [-0.1, -0.05) is 6.42 Å². The van der Waals surface area contributed by atoms with Crippen molar-refractivity contribution in [2.75, 3.05) is 17.2 Å². The van der Waals surface area contributed by atoms with Crippen molar-refractivity contribution in [3.05, 3.63) is 42.1 Å². The van der Waals surface area contributed by atoms with Crippen LogP contribution in [-0.2, 0) is 0 Å². The Morgan fingerprint density at radius 1 is 1.36 bits per heavy atom. The van der Waals surface area contributed by atoms with Gasteiger partial charge in [0.1, 0.15) is 12.0 Å². The first kappa shape index (κ1) is 25.6. The Kier molecular flexibility index (Phi) is 7.03. The Morgan fingerprint density at radius 2 is 2.14 bits per heavy atom. The Morgan fingerprint density at radius 3 is 2.86 bits per heavy atom. The molecule has 3 aromatic rings. The van der Waals surface area contributed by atoms with Gasteiger partial charge in [0.15, 0.2) is 17.3 Å². The zero-order chi connectivity index (χ0) is 26.1. The number of halogens is 4. The Balaban J connectivity index is 1.62. The lowest BCUT2D eigenvalue weighted by Gasteiger charge is -2.33. The van der Waals surface area contributed by atoms with Crippen LogP contribution in [0.1, 0.15) is 49.9 Å². The number of carbonyl (C=O) groups excluding carboxylic acids is 1. The topological polar surface area (TPSA) is 116 Å². The third-order valence-electron chi connectivity index (χ3n) is 6.03. The average Bonchev–Trinajstić information content (AvgIpc) is 3.25. The molecular formula is C23H27F4N7O2. The predicted molar refractivity (Wildman–Crippen MR) is 125 cm³/mol. The second-order valence-corrected chi connectivity index (χ2v) is 9.35. The molecule has 0 radical (unpaired) electrons. The van der Waals surface area contributed by atoms with Crippen molar-refractivity contribution >= 4 is 28.9 Å². The maximum absolute atomic E-state index is 14.6. The number of alkyl halides is 3. The van der Waals surface area contributed by atoms with E-state index in [4.69, 9.17) is 0 Å². The molecule has 2 unspecified atom stereocenters. The van der Waals surface area contributed by atoms with Gasteiger partial charge in [-0.15, -0.1) is 0 Å². The Bertz CT molecular complexity index is 1240. The van der Waals surface area contributed by atoms with E-state index >= 15 is 0 Å². The Labute approximate surface area is 204 Å². The third-order valence-corrected chi connectivity index (χ3v) is 6.03. The zero-order valence-corrected chi connectivity index (χ0v) is 19.7. The molecule has 1 aliphatic carbocycles. The highest BCUT2D eigenvalue weighted by Gasteiger charge is 2.42. The summed E-state index contributed by atoms with van der Waals surface area (Å²) >= 11 is 0. The molecule has 3 aromatic heterocycles. The first-order valence-corrected chi connectivity index (χ1v) is 11.5. The molecule has 1 aliphatic rings. The lowest BCUT2D eigenvalue weighted by molar-refractivity contribution is -0.0449. The van der Waals surface area contributed by atoms with Crippen LogP contribution >= 0.6 is 0 Å². The fourth-order valence-electron chi connectivity index (χ4n) is 3.85. The molecule has 13 heteroatoms. The third kappa shape index (κ3) is 5.66. The predicted octanol–water partition coefficient (Wildman–Crippen LogP) is 3.84. The number of nitrogens with one attached hydrogen (secondary N) is 3. The van der Waals surface area contributed by atoms with E-state index in [1.54, 1.807) is 6.07 Å². The number of hydrogen-bond donors (Lipinski definition) is 4. The normalized spacial score (nSPS) is 18.6. The number of amides is 1. The summed E-state index contributed by atoms with van der Waals surface area (Å²) in [6.07, 6.45) is 2.78. The molecule has 0 bridgehead atoms. The van der Waals surface area contributed by atoms with Gasteiger partial charge in [-0.2, -0.15) is 5.10 Å². The van der Waals surface area contributed by atoms with E-state index in [-0.39, 0.29) is 35.7 Å². The van der Waals surface area contributed by atoms with Gasteiger partial charge in [0.05, 0.1) is 41.8 Å². The van der Waals surface area contributed by atoms with Crippen LogP contribution in [0.25, 0.3) is 5.65 Å². The summed E-state index contributed by atoms with van der Waals surface area (Å²) in [5.41, 5.74) is -1.41. The van der Waals surface area contributed by atoms with Gasteiger partial charge in [-0.25, -0.2) is 32.0 Å². The summed E-state index contributed by atoms with van der Waals surface area (Å²) < 4.78 is 59.0. The maximum atomic E-state index is 14.6. The SMILES string of the molecule is CC(C)(O)C(F)CNC(=O)c1cnc(Nc2nc3ccnn3cc2F)cc1NC1CCCCC1(F)F. The minimum absolute atomic E-state index is 0.0149. The summed E-state index contributed by atoms with van der Waals surface area (Å²) in [6, 6.07) is 1.62. The van der Waals surface area contributed by atoms with Gasteiger partial charge in [0.2, 0.25) is 0 Å². The van der Waals surface area contributed by atoms with Crippen LogP contribution in [0.5, 0.6) is 0 Å². The molecule has 0 aliphatic heterocycles. The van der Waals surface area contributed by atoms with Gasteiger partial charge < -0.3 is 21.1 Å². The lowest BCUT2D eigenvalue weighted by atomic mass is 9.91. The molecule has 4 N–H and O–H groups in total. The fourth-order valence-corrected chi connectivity index (χ4v) is 3.85. The Hall–Kier alpha value is -3.48. The molecule has 0 aromatic carbocycles. The van der Waals surface area contributed by atoms with E-state index < -0.39 is 42.0 Å². The minimum atomic E-state index is -3.01. The summed E-state index contributed by atoms with van der Waals surface area (Å²) in [7, 11) is 0. The summed E-state index contributed by atoms with van der Waals surface area (Å²) in [4.78, 5) is 21.0. The van der Waals surface area contributed by atoms with Gasteiger partial charge in [-0.3, -0.25) is 4.79 Å². The monoisotopic (exact) mass is 509 g/mol. The molecule has 0 spiro atoms. The van der Waals surface area contributed by atoms with Crippen molar-refractivity contribution < 1.29 is 27.5 Å². The summed E-state index contributed by atoms with van der Waals surface area (Å²) in [6.45, 7) is 2.03. The molecule has 194 valence electrons. The van der Waals surface area contributed by atoms with E-state index in [1.165, 1.54) is 30.6 Å². The molecule has 9 nitrogen and oxygen atoms in total. The number of pyridine rings is 1. The first-order valence-electron chi connectivity index (χ1n) is 11.5. The zero-order valence-electron chi connectivity index (χ0n) is 19.7. The molecule has 36 heavy (non-hydrogen) atoms. The van der Waals surface area contributed by atoms with Crippen LogP contribution in [0.3, 0.4) is 0 Å². The molecule has 4 rings (SSSR count). The van der Waals surface area contributed by atoms with E-state index in [1.807, 2.05) is 0 Å². The quantitative estimate of drug-likeness (QED) is 0.341. The number of rotatable bonds is 8. The van der Waals surface area contributed by atoms with Gasteiger partial charge >= 0.3 is 0 Å². The number of aromatic nitrogens is 4. The van der Waals surface area contributed by atoms with Gasteiger partial charge in [-0.05, 0) is 26.7 Å². The molecule has 1 fully saturated rings. The van der Waals surface area contributed by atoms with Crippen LogP contribution in [-0.4, -0.2) is 60.9 Å². The van der Waals surface area contributed by atoms with Crippen molar-refractivity contribution in [3.63, 3.8) is 0 Å².